The third-order valence-corrected chi connectivity index (χ3v) is 4.05. The molecule has 0 aromatic carbocycles. The van der Waals surface area contributed by atoms with Crippen molar-refractivity contribution in [3.05, 3.63) is 46.1 Å². The van der Waals surface area contributed by atoms with Gasteiger partial charge in [-0.2, -0.15) is 10.2 Å². The zero-order valence-electron chi connectivity index (χ0n) is 13.1. The molecule has 0 saturated heterocycles. The van der Waals surface area contributed by atoms with E-state index in [2.05, 4.69) is 36.4 Å². The average molecular weight is 377 g/mol. The highest BCUT2D eigenvalue weighted by atomic mass is 79.9. The molecule has 0 aliphatic carbocycles. The Morgan fingerprint density at radius 3 is 2.87 bits per heavy atom. The Balaban J connectivity index is 1.80. The van der Waals surface area contributed by atoms with Crippen molar-refractivity contribution in [3.63, 3.8) is 0 Å². The minimum absolute atomic E-state index is 0.146. The summed E-state index contributed by atoms with van der Waals surface area (Å²) in [6.07, 6.45) is 5.39. The van der Waals surface area contributed by atoms with Crippen LogP contribution in [0.1, 0.15) is 41.6 Å². The summed E-state index contributed by atoms with van der Waals surface area (Å²) in [7, 11) is 0. The molecule has 0 bridgehead atoms. The Hall–Kier alpha value is -2.22. The summed E-state index contributed by atoms with van der Waals surface area (Å²) in [5.41, 5.74) is 2.88. The van der Waals surface area contributed by atoms with Gasteiger partial charge >= 0.3 is 0 Å². The third kappa shape index (κ3) is 3.12. The van der Waals surface area contributed by atoms with Gasteiger partial charge in [0.05, 0.1) is 16.2 Å². The molecule has 23 heavy (non-hydrogen) atoms. The molecule has 1 amide bonds. The maximum atomic E-state index is 12.4. The van der Waals surface area contributed by atoms with Crippen LogP contribution in [-0.4, -0.2) is 30.3 Å². The van der Waals surface area contributed by atoms with Gasteiger partial charge in [0.2, 0.25) is 0 Å². The fourth-order valence-corrected chi connectivity index (χ4v) is 2.73. The lowest BCUT2D eigenvalue weighted by Gasteiger charge is -2.11. The molecule has 3 aromatic heterocycles. The first kappa shape index (κ1) is 15.7. The highest BCUT2D eigenvalue weighted by Crippen LogP contribution is 2.17. The van der Waals surface area contributed by atoms with Crippen LogP contribution in [0.4, 0.5) is 0 Å². The lowest BCUT2D eigenvalue weighted by Crippen LogP contribution is -2.27. The lowest BCUT2D eigenvalue weighted by molar-refractivity contribution is 0.0934. The van der Waals surface area contributed by atoms with Crippen LogP contribution in [0, 0.1) is 6.92 Å². The molecule has 0 unspecified atom stereocenters. The van der Waals surface area contributed by atoms with Crippen LogP contribution >= 0.6 is 15.9 Å². The highest BCUT2D eigenvalue weighted by molar-refractivity contribution is 9.10. The molecule has 3 heterocycles. The van der Waals surface area contributed by atoms with Gasteiger partial charge in [-0.3, -0.25) is 9.48 Å². The number of fused-ring (bicyclic) bond motifs is 1. The fourth-order valence-electron chi connectivity index (χ4n) is 2.43. The van der Waals surface area contributed by atoms with Crippen molar-refractivity contribution in [3.8, 4) is 0 Å². The number of halogens is 1. The number of hydrogen-bond acceptors (Lipinski definition) is 4. The normalized spacial score (nSPS) is 12.5. The largest absolute Gasteiger partial charge is 0.344 e. The predicted octanol–water partition coefficient (Wildman–Crippen LogP) is 2.51. The van der Waals surface area contributed by atoms with E-state index in [-0.39, 0.29) is 11.9 Å². The number of aryl methyl sites for hydroxylation is 2. The molecule has 3 aromatic rings. The Bertz CT molecular complexity index is 868. The summed E-state index contributed by atoms with van der Waals surface area (Å²) in [5.74, 6) is -0.234. The Morgan fingerprint density at radius 1 is 1.39 bits per heavy atom. The summed E-state index contributed by atoms with van der Waals surface area (Å²) in [4.78, 5) is 16.6. The Morgan fingerprint density at radius 2 is 2.17 bits per heavy atom. The van der Waals surface area contributed by atoms with E-state index in [9.17, 15) is 4.79 Å². The number of rotatable bonds is 4. The molecule has 3 rings (SSSR count). The molecule has 0 aliphatic heterocycles. The van der Waals surface area contributed by atoms with Gasteiger partial charge in [0.25, 0.3) is 5.91 Å². The standard InChI is InChI=1S/C15H17BrN6O/c1-4-21-8-12(10(3)19-21)9(2)18-15(23)13-5-14-17-6-11(16)7-22(14)20-13/h5-9H,4H2,1-3H3,(H,18,23)/t9-/m1/s1. The molecular weight excluding hydrogens is 360 g/mol. The summed E-state index contributed by atoms with van der Waals surface area (Å²) in [5, 5.41) is 11.6. The van der Waals surface area contributed by atoms with E-state index in [0.717, 1.165) is 22.3 Å². The summed E-state index contributed by atoms with van der Waals surface area (Å²) in [6, 6.07) is 1.52. The molecule has 0 spiro atoms. The van der Waals surface area contributed by atoms with E-state index in [4.69, 9.17) is 0 Å². The summed E-state index contributed by atoms with van der Waals surface area (Å²) < 4.78 is 4.24. The van der Waals surface area contributed by atoms with E-state index >= 15 is 0 Å². The van der Waals surface area contributed by atoms with Gasteiger partial charge in [0.15, 0.2) is 11.3 Å². The summed E-state index contributed by atoms with van der Waals surface area (Å²) >= 11 is 3.33. The Labute approximate surface area is 141 Å². The smallest absolute Gasteiger partial charge is 0.272 e. The van der Waals surface area contributed by atoms with Crippen LogP contribution in [0.5, 0.6) is 0 Å². The molecule has 8 heteroatoms. The van der Waals surface area contributed by atoms with Gasteiger partial charge in [-0.1, -0.05) is 0 Å². The molecule has 1 N–H and O–H groups in total. The number of nitrogens with one attached hydrogen (secondary N) is 1. The van der Waals surface area contributed by atoms with Crippen LogP contribution in [0.3, 0.4) is 0 Å². The van der Waals surface area contributed by atoms with Crippen molar-refractivity contribution < 1.29 is 4.79 Å². The van der Waals surface area contributed by atoms with Gasteiger partial charge in [0.1, 0.15) is 0 Å². The molecule has 0 fully saturated rings. The first-order valence-corrected chi connectivity index (χ1v) is 8.13. The quantitative estimate of drug-likeness (QED) is 0.758. The SMILES string of the molecule is CCn1cc([C@@H](C)NC(=O)c2cc3ncc(Br)cn3n2)c(C)n1. The van der Waals surface area contributed by atoms with Gasteiger partial charge < -0.3 is 5.32 Å². The van der Waals surface area contributed by atoms with E-state index in [1.807, 2.05) is 31.6 Å². The van der Waals surface area contributed by atoms with Crippen LogP contribution in [-0.2, 0) is 6.54 Å². The summed E-state index contributed by atoms with van der Waals surface area (Å²) in [6.45, 7) is 6.71. The number of carbonyl (C=O) groups is 1. The molecule has 0 saturated carbocycles. The average Bonchev–Trinajstić information content (AvgIpc) is 3.09. The zero-order chi connectivity index (χ0) is 16.6. The lowest BCUT2D eigenvalue weighted by atomic mass is 10.1. The van der Waals surface area contributed by atoms with Gasteiger partial charge in [0, 0.05) is 36.8 Å². The van der Waals surface area contributed by atoms with Crippen molar-refractivity contribution in [2.75, 3.05) is 0 Å². The second-order valence-corrected chi connectivity index (χ2v) is 6.24. The van der Waals surface area contributed by atoms with Crippen LogP contribution in [0.25, 0.3) is 5.65 Å². The molecule has 0 aliphatic rings. The highest BCUT2D eigenvalue weighted by Gasteiger charge is 2.18. The topological polar surface area (TPSA) is 77.1 Å². The van der Waals surface area contributed by atoms with Crippen molar-refractivity contribution in [2.45, 2.75) is 33.4 Å². The number of nitrogens with zero attached hydrogens (tertiary/aromatic N) is 5. The molecular formula is C15H17BrN6O. The van der Waals surface area contributed by atoms with Gasteiger partial charge in [-0.25, -0.2) is 9.50 Å². The zero-order valence-corrected chi connectivity index (χ0v) is 14.7. The monoisotopic (exact) mass is 376 g/mol. The number of carbonyl (C=O) groups excluding carboxylic acids is 1. The number of aromatic nitrogens is 5. The molecule has 1 atom stereocenters. The van der Waals surface area contributed by atoms with Crippen molar-refractivity contribution in [1.82, 2.24) is 29.7 Å². The van der Waals surface area contributed by atoms with Crippen molar-refractivity contribution in [2.24, 2.45) is 0 Å². The first-order chi connectivity index (χ1) is 11.0. The van der Waals surface area contributed by atoms with Gasteiger partial charge in [-0.05, 0) is 36.7 Å². The minimum atomic E-state index is -0.234. The van der Waals surface area contributed by atoms with Gasteiger partial charge in [-0.15, -0.1) is 0 Å². The second kappa shape index (κ2) is 6.11. The fraction of sp³-hybridized carbons (Fsp3) is 0.333. The molecule has 120 valence electrons. The van der Waals surface area contributed by atoms with Crippen LogP contribution in [0.15, 0.2) is 29.1 Å². The van der Waals surface area contributed by atoms with Crippen molar-refractivity contribution >= 4 is 27.5 Å². The van der Waals surface area contributed by atoms with Crippen LogP contribution in [0.2, 0.25) is 0 Å². The predicted molar refractivity (Wildman–Crippen MR) is 89.2 cm³/mol. The maximum Gasteiger partial charge on any atom is 0.272 e. The van der Waals surface area contributed by atoms with Crippen molar-refractivity contribution in [1.29, 1.82) is 0 Å². The van der Waals surface area contributed by atoms with E-state index in [1.54, 1.807) is 23.0 Å². The van der Waals surface area contributed by atoms with E-state index < -0.39 is 0 Å². The first-order valence-electron chi connectivity index (χ1n) is 7.33. The van der Waals surface area contributed by atoms with E-state index in [0.29, 0.717) is 11.3 Å². The number of hydrogen-bond donors (Lipinski definition) is 1. The third-order valence-electron chi connectivity index (χ3n) is 3.64. The van der Waals surface area contributed by atoms with Crippen LogP contribution < -0.4 is 5.32 Å². The molecule has 0 radical (unpaired) electrons. The second-order valence-electron chi connectivity index (χ2n) is 5.33. The molecule has 7 nitrogen and oxygen atoms in total. The van der Waals surface area contributed by atoms with E-state index in [1.165, 1.54) is 0 Å². The maximum absolute atomic E-state index is 12.4. The number of amides is 1. The Kier molecular flexibility index (Phi) is 4.16. The minimum Gasteiger partial charge on any atom is -0.344 e.